The number of aromatic nitrogens is 2. The van der Waals surface area contributed by atoms with Crippen molar-refractivity contribution in [2.24, 2.45) is 10.3 Å². The van der Waals surface area contributed by atoms with Crippen LogP contribution in [0.2, 0.25) is 0 Å². The van der Waals surface area contributed by atoms with E-state index < -0.39 is 17.6 Å². The molecular formula is C24H23FN8O3. The Hall–Kier alpha value is -4.45. The van der Waals surface area contributed by atoms with Gasteiger partial charge >= 0.3 is 0 Å². The number of rotatable bonds is 7. The number of carbonyl (C=O) groups excluding carboxylic acids is 2. The standard InChI is InChI=1S/C24H23FN8O3/c1-36-21-8-13(2-6-17(21)25)11-26-23(34)19-10-20(28-12-27-19)24(35)29-18-7-4-14-9-15(3-5-16(14)18)22-30-32-33-31-22/h2-3,5-6,8-10,12,18,22H,4,7,11H2,1H3,(H,26,34)(H,29,35)(H,30,33)(H,31,32)/t18-/m0/s1. The molecule has 2 atom stereocenters. The van der Waals surface area contributed by atoms with Crippen molar-refractivity contribution in [2.45, 2.75) is 31.6 Å². The van der Waals surface area contributed by atoms with Crippen molar-refractivity contribution < 1.29 is 18.7 Å². The van der Waals surface area contributed by atoms with E-state index in [2.05, 4.69) is 48.0 Å². The maximum Gasteiger partial charge on any atom is 0.270 e. The predicted octanol–water partition coefficient (Wildman–Crippen LogP) is 2.45. The van der Waals surface area contributed by atoms with Crippen molar-refractivity contribution >= 4 is 11.8 Å². The highest BCUT2D eigenvalue weighted by molar-refractivity contribution is 5.97. The molecule has 1 aliphatic heterocycles. The number of hydrazine groups is 1. The molecule has 12 heteroatoms. The second-order valence-electron chi connectivity index (χ2n) is 8.34. The number of ether oxygens (including phenoxy) is 1. The van der Waals surface area contributed by atoms with Crippen LogP contribution in [0.15, 0.2) is 59.1 Å². The van der Waals surface area contributed by atoms with E-state index in [-0.39, 0.29) is 35.9 Å². The van der Waals surface area contributed by atoms with Crippen molar-refractivity contribution in [1.82, 2.24) is 31.6 Å². The maximum absolute atomic E-state index is 13.6. The third-order valence-electron chi connectivity index (χ3n) is 6.09. The molecule has 3 aromatic rings. The minimum atomic E-state index is -0.487. The van der Waals surface area contributed by atoms with Gasteiger partial charge in [0.25, 0.3) is 11.8 Å². The van der Waals surface area contributed by atoms with Gasteiger partial charge in [0.05, 0.1) is 13.2 Å². The highest BCUT2D eigenvalue weighted by Crippen LogP contribution is 2.33. The van der Waals surface area contributed by atoms with Gasteiger partial charge in [-0.2, -0.15) is 5.43 Å². The Morgan fingerprint density at radius 3 is 2.72 bits per heavy atom. The fourth-order valence-electron chi connectivity index (χ4n) is 4.24. The molecule has 2 aromatic carbocycles. The zero-order valence-corrected chi connectivity index (χ0v) is 19.3. The van der Waals surface area contributed by atoms with Gasteiger partial charge in [-0.15, -0.1) is 5.11 Å². The van der Waals surface area contributed by atoms with Crippen molar-refractivity contribution in [2.75, 3.05) is 7.11 Å². The number of halogens is 1. The van der Waals surface area contributed by atoms with E-state index in [1.807, 2.05) is 12.1 Å². The Bertz CT molecular complexity index is 1350. The summed E-state index contributed by atoms with van der Waals surface area (Å²) < 4.78 is 18.5. The predicted molar refractivity (Wildman–Crippen MR) is 125 cm³/mol. The molecule has 1 unspecified atom stereocenters. The van der Waals surface area contributed by atoms with Crippen LogP contribution in [0.3, 0.4) is 0 Å². The van der Waals surface area contributed by atoms with Crippen LogP contribution in [-0.2, 0) is 13.0 Å². The summed E-state index contributed by atoms with van der Waals surface area (Å²) in [5.41, 5.74) is 9.52. The number of nitrogens with one attached hydrogen (secondary N) is 4. The lowest BCUT2D eigenvalue weighted by Crippen LogP contribution is -2.29. The van der Waals surface area contributed by atoms with Crippen molar-refractivity contribution in [3.05, 3.63) is 88.3 Å². The van der Waals surface area contributed by atoms with Crippen LogP contribution in [0.5, 0.6) is 5.75 Å². The lowest BCUT2D eigenvalue weighted by Gasteiger charge is -2.15. The highest BCUT2D eigenvalue weighted by Gasteiger charge is 2.27. The monoisotopic (exact) mass is 490 g/mol. The number of aryl methyl sites for hydroxylation is 1. The van der Waals surface area contributed by atoms with Gasteiger partial charge in [-0.3, -0.25) is 9.59 Å². The summed E-state index contributed by atoms with van der Waals surface area (Å²) in [7, 11) is 1.37. The lowest BCUT2D eigenvalue weighted by molar-refractivity contribution is 0.0931. The van der Waals surface area contributed by atoms with E-state index in [4.69, 9.17) is 4.74 Å². The van der Waals surface area contributed by atoms with Crippen LogP contribution in [0.1, 0.15) is 61.9 Å². The molecule has 4 N–H and O–H groups in total. The van der Waals surface area contributed by atoms with Gasteiger partial charge < -0.3 is 15.4 Å². The smallest absolute Gasteiger partial charge is 0.270 e. The maximum atomic E-state index is 13.6. The Morgan fingerprint density at radius 1 is 1.11 bits per heavy atom. The Kier molecular flexibility index (Phi) is 6.50. The van der Waals surface area contributed by atoms with Gasteiger partial charge in [-0.25, -0.2) is 19.9 Å². The number of hydrogen-bond donors (Lipinski definition) is 4. The van der Waals surface area contributed by atoms with Gasteiger partial charge in [-0.1, -0.05) is 29.5 Å². The van der Waals surface area contributed by atoms with Crippen molar-refractivity contribution in [1.29, 1.82) is 0 Å². The van der Waals surface area contributed by atoms with Crippen LogP contribution in [0.25, 0.3) is 0 Å². The first-order valence-corrected chi connectivity index (χ1v) is 11.3. The first-order chi connectivity index (χ1) is 17.5. The molecule has 2 amide bonds. The molecule has 2 heterocycles. The SMILES string of the molecule is COc1cc(CNC(=O)c2cc(C(=O)N[C@H]3CCc4cc(C5N=NNN5)ccc43)ncn2)ccc1F. The quantitative estimate of drug-likeness (QED) is 0.399. The molecule has 0 fully saturated rings. The minimum Gasteiger partial charge on any atom is -0.494 e. The summed E-state index contributed by atoms with van der Waals surface area (Å²) in [6, 6.07) is 11.5. The van der Waals surface area contributed by atoms with Crippen LogP contribution in [0.4, 0.5) is 4.39 Å². The van der Waals surface area contributed by atoms with Crippen molar-refractivity contribution in [3.63, 3.8) is 0 Å². The van der Waals surface area contributed by atoms with Crippen LogP contribution in [-0.4, -0.2) is 28.9 Å². The summed E-state index contributed by atoms with van der Waals surface area (Å²) in [4.78, 5) is 33.5. The Balaban J connectivity index is 1.22. The molecule has 0 radical (unpaired) electrons. The zero-order valence-electron chi connectivity index (χ0n) is 19.3. The van der Waals surface area contributed by atoms with Crippen LogP contribution in [0, 0.1) is 5.82 Å². The molecule has 184 valence electrons. The second kappa shape index (κ2) is 10.0. The number of methoxy groups -OCH3 is 1. The molecule has 5 rings (SSSR count). The molecule has 0 saturated heterocycles. The van der Waals surface area contributed by atoms with Gasteiger partial charge in [0.2, 0.25) is 0 Å². The van der Waals surface area contributed by atoms with Crippen molar-refractivity contribution in [3.8, 4) is 5.75 Å². The number of fused-ring (bicyclic) bond motifs is 1. The molecular weight excluding hydrogens is 467 g/mol. The Labute approximate surface area is 205 Å². The minimum absolute atomic E-state index is 0.0486. The highest BCUT2D eigenvalue weighted by atomic mass is 19.1. The molecule has 0 saturated carbocycles. The molecule has 11 nitrogen and oxygen atoms in total. The first-order valence-electron chi connectivity index (χ1n) is 11.3. The van der Waals surface area contributed by atoms with Gasteiger partial charge in [0.1, 0.15) is 17.7 Å². The summed E-state index contributed by atoms with van der Waals surface area (Å²) in [5, 5.41) is 13.5. The average Bonchev–Trinajstić information content (AvgIpc) is 3.58. The van der Waals surface area contributed by atoms with E-state index >= 15 is 0 Å². The lowest BCUT2D eigenvalue weighted by atomic mass is 10.0. The van der Waals surface area contributed by atoms with E-state index in [9.17, 15) is 14.0 Å². The second-order valence-corrected chi connectivity index (χ2v) is 8.34. The molecule has 1 aromatic heterocycles. The number of amides is 2. The van der Waals surface area contributed by atoms with Crippen LogP contribution >= 0.6 is 0 Å². The number of carbonyl (C=O) groups is 2. The number of nitrogens with zero attached hydrogens (tertiary/aromatic N) is 4. The average molecular weight is 490 g/mol. The van der Waals surface area contributed by atoms with Crippen LogP contribution < -0.4 is 26.3 Å². The largest absolute Gasteiger partial charge is 0.494 e. The van der Waals surface area contributed by atoms with Gasteiger partial charge in [-0.05, 0) is 47.2 Å². The normalized spacial score (nSPS) is 17.8. The van der Waals surface area contributed by atoms with E-state index in [1.165, 1.54) is 31.6 Å². The molecule has 2 aliphatic rings. The molecule has 36 heavy (non-hydrogen) atoms. The topological polar surface area (TPSA) is 142 Å². The van der Waals surface area contributed by atoms with Gasteiger partial charge in [0, 0.05) is 12.6 Å². The fraction of sp³-hybridized carbons (Fsp3) is 0.250. The molecule has 0 spiro atoms. The third kappa shape index (κ3) is 4.84. The number of benzene rings is 2. The fourth-order valence-corrected chi connectivity index (χ4v) is 4.24. The zero-order chi connectivity index (χ0) is 25.1. The van der Waals surface area contributed by atoms with E-state index in [0.29, 0.717) is 5.56 Å². The summed E-state index contributed by atoms with van der Waals surface area (Å²) in [6.45, 7) is 0.135. The van der Waals surface area contributed by atoms with Gasteiger partial charge in [0.15, 0.2) is 17.7 Å². The molecule has 1 aliphatic carbocycles. The third-order valence-corrected chi connectivity index (χ3v) is 6.09. The van der Waals surface area contributed by atoms with E-state index in [0.717, 1.165) is 29.5 Å². The Morgan fingerprint density at radius 2 is 1.94 bits per heavy atom. The number of hydrogen-bond acceptors (Lipinski definition) is 9. The first kappa shape index (κ1) is 23.3. The molecule has 0 bridgehead atoms. The summed E-state index contributed by atoms with van der Waals surface area (Å²) in [5.74, 6) is -1.28. The summed E-state index contributed by atoms with van der Waals surface area (Å²) in [6.07, 6.45) is 2.51. The summed E-state index contributed by atoms with van der Waals surface area (Å²) >= 11 is 0. The van der Waals surface area contributed by atoms with E-state index in [1.54, 1.807) is 6.07 Å².